The molecule has 1 atom stereocenters. The van der Waals surface area contributed by atoms with Gasteiger partial charge in [-0.05, 0) is 55.0 Å². The molecule has 27 heavy (non-hydrogen) atoms. The smallest absolute Gasteiger partial charge is 0.319 e. The molecule has 1 aromatic carbocycles. The van der Waals surface area contributed by atoms with Crippen molar-refractivity contribution in [3.63, 3.8) is 0 Å². The quantitative estimate of drug-likeness (QED) is 0.733. The van der Waals surface area contributed by atoms with E-state index in [0.717, 1.165) is 29.2 Å². The second-order valence-corrected chi connectivity index (χ2v) is 7.62. The Bertz CT molecular complexity index is 786. The number of nitrogens with zero attached hydrogens (tertiary/aromatic N) is 1. The van der Waals surface area contributed by atoms with Gasteiger partial charge in [0.1, 0.15) is 0 Å². The molecule has 1 unspecified atom stereocenters. The number of carbonyl (C=O) groups is 2. The molecule has 0 aliphatic carbocycles. The Morgan fingerprint density at radius 3 is 2.67 bits per heavy atom. The van der Waals surface area contributed by atoms with Crippen molar-refractivity contribution in [3.05, 3.63) is 46.2 Å². The number of rotatable bonds is 6. The van der Waals surface area contributed by atoms with Gasteiger partial charge in [0.2, 0.25) is 0 Å². The van der Waals surface area contributed by atoms with E-state index in [4.69, 9.17) is 4.74 Å². The molecule has 6 nitrogen and oxygen atoms in total. The molecule has 2 amide bonds. The lowest BCUT2D eigenvalue weighted by molar-refractivity contribution is -0.141. The van der Waals surface area contributed by atoms with E-state index in [2.05, 4.69) is 28.5 Å². The van der Waals surface area contributed by atoms with Gasteiger partial charge in [-0.25, -0.2) is 4.79 Å². The minimum atomic E-state index is -0.414. The van der Waals surface area contributed by atoms with E-state index >= 15 is 0 Å². The van der Waals surface area contributed by atoms with Gasteiger partial charge < -0.3 is 20.3 Å². The summed E-state index contributed by atoms with van der Waals surface area (Å²) in [6.45, 7) is 4.23. The lowest BCUT2D eigenvalue weighted by atomic mass is 10.1. The van der Waals surface area contributed by atoms with Crippen LogP contribution in [0.25, 0.3) is 0 Å². The highest BCUT2D eigenvalue weighted by Gasteiger charge is 2.20. The zero-order valence-electron chi connectivity index (χ0n) is 15.7. The topological polar surface area (TPSA) is 70.7 Å². The van der Waals surface area contributed by atoms with E-state index < -0.39 is 6.04 Å². The van der Waals surface area contributed by atoms with E-state index in [1.165, 1.54) is 37.0 Å². The predicted molar refractivity (Wildman–Crippen MR) is 108 cm³/mol. The summed E-state index contributed by atoms with van der Waals surface area (Å²) >= 11 is 1.49. The second kappa shape index (κ2) is 8.90. The minimum absolute atomic E-state index is 0.0946. The Kier molecular flexibility index (Phi) is 6.34. The van der Waals surface area contributed by atoms with Gasteiger partial charge in [0.25, 0.3) is 0 Å². The first-order chi connectivity index (χ1) is 13.1. The molecule has 0 bridgehead atoms. The number of esters is 1. The van der Waals surface area contributed by atoms with Crippen LogP contribution in [0.2, 0.25) is 0 Å². The predicted octanol–water partition coefficient (Wildman–Crippen LogP) is 4.08. The highest BCUT2D eigenvalue weighted by atomic mass is 32.1. The van der Waals surface area contributed by atoms with Crippen LogP contribution < -0.4 is 15.5 Å². The Hall–Kier alpha value is -2.54. The molecule has 2 aromatic rings. The van der Waals surface area contributed by atoms with Crippen LogP contribution in [0.5, 0.6) is 0 Å². The lowest BCUT2D eigenvalue weighted by Gasteiger charge is -2.21. The Balaban J connectivity index is 1.64. The summed E-state index contributed by atoms with van der Waals surface area (Å²) in [5.74, 6) is -0.362. The molecule has 0 radical (unpaired) electrons. The summed E-state index contributed by atoms with van der Waals surface area (Å²) in [5.41, 5.74) is 3.09. The first-order valence-electron chi connectivity index (χ1n) is 9.10. The highest BCUT2D eigenvalue weighted by Crippen LogP contribution is 2.27. The van der Waals surface area contributed by atoms with Gasteiger partial charge >= 0.3 is 12.0 Å². The van der Waals surface area contributed by atoms with E-state index in [-0.39, 0.29) is 18.4 Å². The standard InChI is InChI=1S/C20H25N3O3S/c1-14-12-15(7-8-17(14)23-9-3-4-10-23)21-20(25)22-16(13-19(24)26-2)18-6-5-11-27-18/h5-8,11-12,16H,3-4,9-10,13H2,1-2H3,(H2,21,22,25). The number of carbonyl (C=O) groups excluding carboxylic acids is 2. The van der Waals surface area contributed by atoms with Crippen LogP contribution in [0.4, 0.5) is 16.2 Å². The molecule has 3 rings (SSSR count). The highest BCUT2D eigenvalue weighted by molar-refractivity contribution is 7.10. The Morgan fingerprint density at radius 2 is 2.04 bits per heavy atom. The SMILES string of the molecule is COC(=O)CC(NC(=O)Nc1ccc(N2CCCC2)c(C)c1)c1cccs1. The molecule has 144 valence electrons. The number of methoxy groups -OCH3 is 1. The zero-order chi connectivity index (χ0) is 19.2. The van der Waals surface area contributed by atoms with Crippen molar-refractivity contribution >= 4 is 34.7 Å². The summed E-state index contributed by atoms with van der Waals surface area (Å²) in [6, 6.07) is 8.99. The first kappa shape index (κ1) is 19.2. The maximum absolute atomic E-state index is 12.5. The van der Waals surface area contributed by atoms with Gasteiger partial charge in [-0.1, -0.05) is 6.07 Å². The second-order valence-electron chi connectivity index (χ2n) is 6.64. The number of amides is 2. The molecule has 1 aliphatic rings. The third-order valence-corrected chi connectivity index (χ3v) is 5.68. The normalized spacial score (nSPS) is 14.7. The molecule has 0 spiro atoms. The van der Waals surface area contributed by atoms with E-state index in [9.17, 15) is 9.59 Å². The van der Waals surface area contributed by atoms with Crippen molar-refractivity contribution in [2.24, 2.45) is 0 Å². The number of hydrogen-bond donors (Lipinski definition) is 2. The van der Waals surface area contributed by atoms with Crippen molar-refractivity contribution in [2.75, 3.05) is 30.4 Å². The van der Waals surface area contributed by atoms with Crippen LogP contribution in [-0.4, -0.2) is 32.2 Å². The van der Waals surface area contributed by atoms with E-state index in [1.54, 1.807) is 0 Å². The van der Waals surface area contributed by atoms with Crippen LogP contribution in [0.1, 0.15) is 35.7 Å². The summed E-state index contributed by atoms with van der Waals surface area (Å²) in [6.07, 6.45) is 2.55. The lowest BCUT2D eigenvalue weighted by Crippen LogP contribution is -2.33. The molecule has 2 N–H and O–H groups in total. The van der Waals surface area contributed by atoms with E-state index in [1.807, 2.05) is 29.6 Å². The average Bonchev–Trinajstić information content (AvgIpc) is 3.35. The molecule has 1 aromatic heterocycles. The number of aryl methyl sites for hydroxylation is 1. The van der Waals surface area contributed by atoms with Crippen molar-refractivity contribution in [3.8, 4) is 0 Å². The first-order valence-corrected chi connectivity index (χ1v) is 9.98. The third-order valence-electron chi connectivity index (χ3n) is 4.69. The van der Waals surface area contributed by atoms with Gasteiger partial charge in [0.15, 0.2) is 0 Å². The molecule has 2 heterocycles. The summed E-state index contributed by atoms with van der Waals surface area (Å²) in [7, 11) is 1.35. The number of anilines is 2. The van der Waals surface area contributed by atoms with Gasteiger partial charge in [0.05, 0.1) is 19.6 Å². The third kappa shape index (κ3) is 5.01. The fraction of sp³-hybridized carbons (Fsp3) is 0.400. The van der Waals surface area contributed by atoms with E-state index in [0.29, 0.717) is 0 Å². The maximum atomic E-state index is 12.5. The van der Waals surface area contributed by atoms with Crippen LogP contribution in [0, 0.1) is 6.92 Å². The molecule has 0 saturated carbocycles. The maximum Gasteiger partial charge on any atom is 0.319 e. The minimum Gasteiger partial charge on any atom is -0.469 e. The van der Waals surface area contributed by atoms with Crippen molar-refractivity contribution in [1.29, 1.82) is 0 Å². The molecular weight excluding hydrogens is 362 g/mol. The Labute approximate surface area is 163 Å². The molecule has 1 saturated heterocycles. The van der Waals surface area contributed by atoms with Crippen LogP contribution in [-0.2, 0) is 9.53 Å². The number of benzene rings is 1. The van der Waals surface area contributed by atoms with Crippen molar-refractivity contribution < 1.29 is 14.3 Å². The van der Waals surface area contributed by atoms with Crippen LogP contribution in [0.3, 0.4) is 0 Å². The van der Waals surface area contributed by atoms with Gasteiger partial charge in [-0.3, -0.25) is 4.79 Å². The molecular formula is C20H25N3O3S. The monoisotopic (exact) mass is 387 g/mol. The van der Waals surface area contributed by atoms with Crippen LogP contribution >= 0.6 is 11.3 Å². The largest absolute Gasteiger partial charge is 0.469 e. The fourth-order valence-electron chi connectivity index (χ4n) is 3.33. The number of ether oxygens (including phenoxy) is 1. The van der Waals surface area contributed by atoms with Gasteiger partial charge in [-0.15, -0.1) is 11.3 Å². The summed E-state index contributed by atoms with van der Waals surface area (Å²) < 4.78 is 4.75. The number of thiophene rings is 1. The summed E-state index contributed by atoms with van der Waals surface area (Å²) in [4.78, 5) is 27.4. The zero-order valence-corrected chi connectivity index (χ0v) is 16.5. The average molecular weight is 388 g/mol. The number of hydrogen-bond acceptors (Lipinski definition) is 5. The van der Waals surface area contributed by atoms with Gasteiger partial charge in [-0.2, -0.15) is 0 Å². The van der Waals surface area contributed by atoms with Crippen molar-refractivity contribution in [2.45, 2.75) is 32.2 Å². The summed E-state index contributed by atoms with van der Waals surface area (Å²) in [5, 5.41) is 7.66. The molecule has 7 heteroatoms. The number of urea groups is 1. The number of nitrogens with one attached hydrogen (secondary N) is 2. The van der Waals surface area contributed by atoms with Gasteiger partial charge in [0, 0.05) is 29.3 Å². The Morgan fingerprint density at radius 1 is 1.26 bits per heavy atom. The molecule has 1 fully saturated rings. The van der Waals surface area contributed by atoms with Crippen LogP contribution in [0.15, 0.2) is 35.7 Å². The van der Waals surface area contributed by atoms with Crippen molar-refractivity contribution in [1.82, 2.24) is 5.32 Å². The fourth-order valence-corrected chi connectivity index (χ4v) is 4.11. The molecule has 1 aliphatic heterocycles.